The maximum atomic E-state index is 13.1. The molecule has 13 heteroatoms. The molecule has 0 saturated carbocycles. The maximum absolute atomic E-state index is 13.1. The first-order chi connectivity index (χ1) is 14.3. The zero-order chi connectivity index (χ0) is 23.8. The van der Waals surface area contributed by atoms with Gasteiger partial charge >= 0.3 is 0 Å². The number of carbonyl (C=O) groups is 2. The van der Waals surface area contributed by atoms with Gasteiger partial charge in [-0.15, -0.1) is 0 Å². The van der Waals surface area contributed by atoms with E-state index in [1.54, 1.807) is 13.8 Å². The average molecular weight is 515 g/mol. The number of methoxy groups -OCH3 is 2. The molecule has 2 aliphatic rings. The summed E-state index contributed by atoms with van der Waals surface area (Å²) in [6.07, 6.45) is 1.57. The largest absolute Gasteiger partial charge is 0.454 e. The molecule has 0 saturated heterocycles. The van der Waals surface area contributed by atoms with E-state index in [0.717, 1.165) is 18.2 Å². The molecule has 0 aromatic rings. The number of hydrogen-bond acceptors (Lipinski definition) is 9. The quantitative estimate of drug-likeness (QED) is 0.448. The van der Waals surface area contributed by atoms with E-state index < -0.39 is 62.7 Å². The Kier molecular flexibility index (Phi) is 7.61. The number of halogens is 2. The lowest BCUT2D eigenvalue weighted by molar-refractivity contribution is -0.132. The molecular weight excluding hydrogens is 495 g/mol. The highest BCUT2D eigenvalue weighted by Crippen LogP contribution is 2.41. The monoisotopic (exact) mass is 514 g/mol. The van der Waals surface area contributed by atoms with Gasteiger partial charge in [0.05, 0.1) is 0 Å². The van der Waals surface area contributed by atoms with Crippen LogP contribution in [0.1, 0.15) is 26.7 Å². The van der Waals surface area contributed by atoms with Crippen LogP contribution in [0.15, 0.2) is 45.1 Å². The minimum absolute atomic E-state index is 0.00236. The van der Waals surface area contributed by atoms with Gasteiger partial charge in [0.1, 0.15) is 21.5 Å². The predicted molar refractivity (Wildman–Crippen MR) is 113 cm³/mol. The summed E-state index contributed by atoms with van der Waals surface area (Å²) in [5.74, 6) is -2.35. The highest BCUT2D eigenvalue weighted by atomic mass is 35.7. The third kappa shape index (κ3) is 4.96. The molecule has 9 nitrogen and oxygen atoms in total. The molecule has 2 aliphatic carbocycles. The molecule has 2 atom stereocenters. The molecule has 2 rings (SSSR count). The molecule has 0 N–H and O–H groups in total. The lowest BCUT2D eigenvalue weighted by Gasteiger charge is -2.33. The van der Waals surface area contributed by atoms with Crippen LogP contribution < -0.4 is 0 Å². The van der Waals surface area contributed by atoms with Crippen LogP contribution in [0.4, 0.5) is 0 Å². The van der Waals surface area contributed by atoms with Crippen LogP contribution in [0.25, 0.3) is 0 Å². The van der Waals surface area contributed by atoms with E-state index in [0.29, 0.717) is 0 Å². The van der Waals surface area contributed by atoms with Crippen LogP contribution in [0.3, 0.4) is 0 Å². The molecule has 31 heavy (non-hydrogen) atoms. The number of carbonyl (C=O) groups excluding carboxylic acids is 2. The van der Waals surface area contributed by atoms with Gasteiger partial charge in [0.2, 0.25) is 0 Å². The second-order valence-corrected chi connectivity index (χ2v) is 11.6. The van der Waals surface area contributed by atoms with Crippen molar-refractivity contribution < 1.29 is 40.6 Å². The molecule has 0 aromatic carbocycles. The van der Waals surface area contributed by atoms with Crippen LogP contribution in [-0.2, 0) is 41.9 Å². The lowest BCUT2D eigenvalue weighted by Crippen LogP contribution is -2.43. The van der Waals surface area contributed by atoms with Crippen LogP contribution in [0.2, 0.25) is 0 Å². The molecule has 0 amide bonds. The van der Waals surface area contributed by atoms with Crippen LogP contribution in [0, 0.1) is 0 Å². The standard InChI is InChI=1S/C18H20Cl2O9S2/c1-5-10-16(15(31(20,25)26)9-18(6-2,28-4)17(10)22)29-13-7-11(21)12(27-3)8-14(13)30(19,23)24/h7-9,12H,5-6H2,1-4H3/t12-,18-/m1/s1. The fraction of sp³-hybridized carbons (Fsp3) is 0.444. The number of Topliss-reactive ketones (excluding diaryl/α,β-unsaturated/α-hetero) is 1. The van der Waals surface area contributed by atoms with Crippen molar-refractivity contribution in [2.24, 2.45) is 0 Å². The Labute approximate surface area is 189 Å². The van der Waals surface area contributed by atoms with E-state index in [1.807, 2.05) is 0 Å². The molecule has 0 spiro atoms. The van der Waals surface area contributed by atoms with E-state index in [-0.39, 0.29) is 18.4 Å². The highest BCUT2D eigenvalue weighted by Gasteiger charge is 2.46. The second kappa shape index (κ2) is 9.16. The summed E-state index contributed by atoms with van der Waals surface area (Å²) in [5, 5.41) is 0. The molecule has 0 radical (unpaired) electrons. The van der Waals surface area contributed by atoms with E-state index >= 15 is 0 Å². The fourth-order valence-electron chi connectivity index (χ4n) is 3.18. The summed E-state index contributed by atoms with van der Waals surface area (Å²) in [4.78, 5) is 24.1. The molecule has 0 bridgehead atoms. The second-order valence-electron chi connectivity index (χ2n) is 6.52. The van der Waals surface area contributed by atoms with Crippen molar-refractivity contribution in [2.45, 2.75) is 38.4 Å². The molecule has 0 aromatic heterocycles. The third-order valence-electron chi connectivity index (χ3n) is 4.85. The van der Waals surface area contributed by atoms with Crippen LogP contribution in [-0.4, -0.2) is 54.3 Å². The van der Waals surface area contributed by atoms with Gasteiger partial charge in [-0.3, -0.25) is 9.59 Å². The highest BCUT2D eigenvalue weighted by molar-refractivity contribution is 8.17. The lowest BCUT2D eigenvalue weighted by atomic mass is 9.84. The molecule has 0 fully saturated rings. The smallest absolute Gasteiger partial charge is 0.264 e. The van der Waals surface area contributed by atoms with Gasteiger partial charge in [-0.1, -0.05) is 13.8 Å². The van der Waals surface area contributed by atoms with Gasteiger partial charge in [-0.05, 0) is 25.0 Å². The maximum Gasteiger partial charge on any atom is 0.264 e. The summed E-state index contributed by atoms with van der Waals surface area (Å²) in [7, 11) is 4.56. The Morgan fingerprint density at radius 3 is 2.03 bits per heavy atom. The normalized spacial score (nSPS) is 25.2. The summed E-state index contributed by atoms with van der Waals surface area (Å²) in [6.45, 7) is 3.18. The van der Waals surface area contributed by atoms with Gasteiger partial charge in [0.25, 0.3) is 18.1 Å². The first-order valence-electron chi connectivity index (χ1n) is 8.89. The Bertz CT molecular complexity index is 1140. The predicted octanol–water partition coefficient (Wildman–Crippen LogP) is 2.43. The first kappa shape index (κ1) is 25.8. The molecule has 0 heterocycles. The molecule has 0 unspecified atom stereocenters. The van der Waals surface area contributed by atoms with Gasteiger partial charge in [0, 0.05) is 47.2 Å². The Balaban J connectivity index is 2.75. The summed E-state index contributed by atoms with van der Waals surface area (Å²) in [6, 6.07) is 0. The van der Waals surface area contributed by atoms with Crippen molar-refractivity contribution in [3.05, 3.63) is 45.1 Å². The van der Waals surface area contributed by atoms with Crippen molar-refractivity contribution in [1.29, 1.82) is 0 Å². The Morgan fingerprint density at radius 2 is 1.61 bits per heavy atom. The number of rotatable bonds is 8. The summed E-state index contributed by atoms with van der Waals surface area (Å²) >= 11 is 0. The molecule has 172 valence electrons. The van der Waals surface area contributed by atoms with E-state index in [2.05, 4.69) is 0 Å². The molecule has 0 aliphatic heterocycles. The van der Waals surface area contributed by atoms with Crippen molar-refractivity contribution in [3.8, 4) is 0 Å². The minimum atomic E-state index is -4.49. The van der Waals surface area contributed by atoms with Gasteiger partial charge in [0.15, 0.2) is 23.1 Å². The van der Waals surface area contributed by atoms with E-state index in [4.69, 9.17) is 35.6 Å². The van der Waals surface area contributed by atoms with Gasteiger partial charge in [-0.2, -0.15) is 0 Å². The number of hydrogen-bond donors (Lipinski definition) is 0. The number of ketones is 2. The minimum Gasteiger partial charge on any atom is -0.454 e. The number of ether oxygens (including phenoxy) is 3. The zero-order valence-corrected chi connectivity index (χ0v) is 20.1. The van der Waals surface area contributed by atoms with Crippen molar-refractivity contribution in [1.82, 2.24) is 0 Å². The van der Waals surface area contributed by atoms with Gasteiger partial charge in [-0.25, -0.2) is 16.8 Å². The van der Waals surface area contributed by atoms with Crippen molar-refractivity contribution in [2.75, 3.05) is 14.2 Å². The topological polar surface area (TPSA) is 130 Å². The van der Waals surface area contributed by atoms with E-state index in [9.17, 15) is 26.4 Å². The Morgan fingerprint density at radius 1 is 1.03 bits per heavy atom. The van der Waals surface area contributed by atoms with Crippen LogP contribution >= 0.6 is 21.4 Å². The molecular formula is C18H20Cl2O9S2. The summed E-state index contributed by atoms with van der Waals surface area (Å²) < 4.78 is 64.5. The van der Waals surface area contributed by atoms with Crippen LogP contribution in [0.5, 0.6) is 0 Å². The van der Waals surface area contributed by atoms with Crippen molar-refractivity contribution >= 4 is 51.0 Å². The third-order valence-corrected chi connectivity index (χ3v) is 7.54. The van der Waals surface area contributed by atoms with E-state index in [1.165, 1.54) is 14.2 Å². The zero-order valence-electron chi connectivity index (χ0n) is 17.0. The summed E-state index contributed by atoms with van der Waals surface area (Å²) in [5.41, 5.74) is -1.72. The average Bonchev–Trinajstić information content (AvgIpc) is 2.67. The Hall–Kier alpha value is -1.50. The van der Waals surface area contributed by atoms with Gasteiger partial charge < -0.3 is 14.2 Å². The first-order valence-corrected chi connectivity index (χ1v) is 13.5. The fourth-order valence-corrected chi connectivity index (χ4v) is 5.25. The van der Waals surface area contributed by atoms with Crippen molar-refractivity contribution in [3.63, 3.8) is 0 Å². The SMILES string of the molecule is CCC1=C(OC2=CC(=O)[C@H](OC)C=C2S(=O)(=O)Cl)C(S(=O)(=O)Cl)=C[C@@](CC)(OC)C1=O.